The number of allylic oxidation sites excluding steroid dienone is 3. The van der Waals surface area contributed by atoms with Crippen molar-refractivity contribution in [1.29, 1.82) is 0 Å². The van der Waals surface area contributed by atoms with E-state index in [1.54, 1.807) is 6.08 Å². The molecule has 0 aliphatic heterocycles. The van der Waals surface area contributed by atoms with Crippen molar-refractivity contribution in [2.24, 2.45) is 0 Å². The molecule has 22 heavy (non-hydrogen) atoms. The molecular weight excluding hydrogens is 292 g/mol. The van der Waals surface area contributed by atoms with E-state index in [-0.39, 0.29) is 0 Å². The highest BCUT2D eigenvalue weighted by atomic mass is 35.5. The summed E-state index contributed by atoms with van der Waals surface area (Å²) in [6, 6.07) is 16.4. The Bertz CT molecular complexity index is 808. The Morgan fingerprint density at radius 1 is 1.00 bits per heavy atom. The molecule has 1 aliphatic carbocycles. The zero-order chi connectivity index (χ0) is 15.5. The molecule has 0 aromatic heterocycles. The van der Waals surface area contributed by atoms with Crippen LogP contribution >= 0.6 is 11.6 Å². The molecule has 0 N–H and O–H groups in total. The molecule has 0 heterocycles. The zero-order valence-corrected chi connectivity index (χ0v) is 13.0. The second-order valence-corrected chi connectivity index (χ2v) is 5.65. The molecule has 0 spiro atoms. The lowest BCUT2D eigenvalue weighted by molar-refractivity contribution is -0.107. The van der Waals surface area contributed by atoms with Crippen LogP contribution in [0.2, 0.25) is 0 Å². The Labute approximate surface area is 135 Å². The molecule has 0 bridgehead atoms. The van der Waals surface area contributed by atoms with Crippen LogP contribution in [0.5, 0.6) is 0 Å². The summed E-state index contributed by atoms with van der Waals surface area (Å²) >= 11 is 5.29. The van der Waals surface area contributed by atoms with Gasteiger partial charge in [-0.05, 0) is 64.1 Å². The molecule has 0 fully saturated rings. The van der Waals surface area contributed by atoms with Crippen LogP contribution in [0.4, 0.5) is 0 Å². The van der Waals surface area contributed by atoms with Gasteiger partial charge in [-0.2, -0.15) is 0 Å². The van der Waals surface area contributed by atoms with Crippen LogP contribution in [0.25, 0.3) is 23.8 Å². The first-order valence-corrected chi connectivity index (χ1v) is 7.49. The van der Waals surface area contributed by atoms with Gasteiger partial charge >= 0.3 is 0 Å². The van der Waals surface area contributed by atoms with Gasteiger partial charge in [-0.15, -0.1) is 0 Å². The second-order valence-electron chi connectivity index (χ2n) is 5.28. The Morgan fingerprint density at radius 3 is 2.41 bits per heavy atom. The van der Waals surface area contributed by atoms with E-state index in [2.05, 4.69) is 43.3 Å². The molecule has 2 heteroatoms. The van der Waals surface area contributed by atoms with Gasteiger partial charge in [0.2, 0.25) is 5.24 Å². The van der Waals surface area contributed by atoms with E-state index < -0.39 is 5.24 Å². The van der Waals surface area contributed by atoms with Crippen LogP contribution < -0.4 is 0 Å². The van der Waals surface area contributed by atoms with E-state index in [4.69, 9.17) is 11.6 Å². The summed E-state index contributed by atoms with van der Waals surface area (Å²) in [5.41, 5.74) is 7.17. The van der Waals surface area contributed by atoms with Crippen molar-refractivity contribution in [2.75, 3.05) is 0 Å². The largest absolute Gasteiger partial charge is 0.276 e. The molecule has 0 saturated carbocycles. The minimum atomic E-state index is -0.463. The Hall–Kier alpha value is -2.38. The van der Waals surface area contributed by atoms with E-state index in [0.717, 1.165) is 11.1 Å². The van der Waals surface area contributed by atoms with Crippen LogP contribution in [-0.2, 0) is 4.79 Å². The topological polar surface area (TPSA) is 17.1 Å². The average Bonchev–Trinajstić information content (AvgIpc) is 2.83. The first-order valence-electron chi connectivity index (χ1n) is 7.11. The number of hydrogen-bond donors (Lipinski definition) is 0. The van der Waals surface area contributed by atoms with E-state index in [1.165, 1.54) is 28.3 Å². The number of carbonyl (C=O) groups is 1. The minimum Gasteiger partial charge on any atom is -0.276 e. The Morgan fingerprint density at radius 2 is 1.68 bits per heavy atom. The van der Waals surface area contributed by atoms with Crippen molar-refractivity contribution in [3.05, 3.63) is 82.4 Å². The van der Waals surface area contributed by atoms with E-state index in [1.807, 2.05) is 24.3 Å². The highest BCUT2D eigenvalue weighted by Crippen LogP contribution is 2.36. The SMILES string of the molecule is CC1=Cc2ccccc2C1=Cc1ccc(C=CC(=O)Cl)cc1. The van der Waals surface area contributed by atoms with Crippen molar-refractivity contribution in [2.45, 2.75) is 6.92 Å². The molecule has 108 valence electrons. The Balaban J connectivity index is 1.90. The highest BCUT2D eigenvalue weighted by molar-refractivity contribution is 6.66. The fourth-order valence-corrected chi connectivity index (χ4v) is 2.68. The van der Waals surface area contributed by atoms with Gasteiger partial charge in [0.25, 0.3) is 0 Å². The first kappa shape index (κ1) is 14.6. The maximum Gasteiger partial charge on any atom is 0.245 e. The van der Waals surface area contributed by atoms with Gasteiger partial charge in [-0.25, -0.2) is 0 Å². The monoisotopic (exact) mass is 306 g/mol. The second kappa shape index (κ2) is 6.17. The minimum absolute atomic E-state index is 0.463. The molecule has 1 aliphatic rings. The molecule has 0 amide bonds. The van der Waals surface area contributed by atoms with Gasteiger partial charge in [0, 0.05) is 0 Å². The summed E-state index contributed by atoms with van der Waals surface area (Å²) in [5.74, 6) is 0. The van der Waals surface area contributed by atoms with Gasteiger partial charge in [0.1, 0.15) is 0 Å². The smallest absolute Gasteiger partial charge is 0.245 e. The standard InChI is InChI=1S/C20H15ClO/c1-14-12-17-4-2-3-5-18(17)19(14)13-16-8-6-15(7-9-16)10-11-20(21)22/h2-13H,1H3. The van der Waals surface area contributed by atoms with Crippen molar-refractivity contribution < 1.29 is 4.79 Å². The summed E-state index contributed by atoms with van der Waals surface area (Å²) in [6.07, 6.45) is 7.47. The zero-order valence-electron chi connectivity index (χ0n) is 12.2. The molecule has 3 rings (SSSR count). The fraction of sp³-hybridized carbons (Fsp3) is 0.0500. The Kier molecular flexibility index (Phi) is 4.08. The van der Waals surface area contributed by atoms with Gasteiger partial charge in [-0.3, -0.25) is 4.79 Å². The predicted molar refractivity (Wildman–Crippen MR) is 94.3 cm³/mol. The van der Waals surface area contributed by atoms with Crippen LogP contribution in [0.1, 0.15) is 29.2 Å². The van der Waals surface area contributed by atoms with Gasteiger partial charge in [0.05, 0.1) is 0 Å². The van der Waals surface area contributed by atoms with E-state index in [0.29, 0.717) is 0 Å². The number of carbonyl (C=O) groups excluding carboxylic acids is 1. The molecule has 0 saturated heterocycles. The third kappa shape index (κ3) is 3.10. The fourth-order valence-electron chi connectivity index (χ4n) is 2.61. The lowest BCUT2D eigenvalue weighted by atomic mass is 10.00. The number of benzene rings is 2. The third-order valence-electron chi connectivity index (χ3n) is 3.70. The summed E-state index contributed by atoms with van der Waals surface area (Å²) in [7, 11) is 0. The molecule has 2 aromatic rings. The number of rotatable bonds is 3. The van der Waals surface area contributed by atoms with Crippen LogP contribution in [0, 0.1) is 0 Å². The number of hydrogen-bond acceptors (Lipinski definition) is 1. The van der Waals surface area contributed by atoms with Crippen molar-refractivity contribution in [3.63, 3.8) is 0 Å². The molecule has 1 nitrogen and oxygen atoms in total. The molecule has 0 radical (unpaired) electrons. The average molecular weight is 307 g/mol. The van der Waals surface area contributed by atoms with Gasteiger partial charge in [-0.1, -0.05) is 60.7 Å². The summed E-state index contributed by atoms with van der Waals surface area (Å²) < 4.78 is 0. The summed E-state index contributed by atoms with van der Waals surface area (Å²) in [6.45, 7) is 2.13. The highest BCUT2D eigenvalue weighted by Gasteiger charge is 2.14. The quantitative estimate of drug-likeness (QED) is 0.546. The molecule has 0 unspecified atom stereocenters. The molecule has 0 atom stereocenters. The van der Waals surface area contributed by atoms with Gasteiger partial charge in [0.15, 0.2) is 0 Å². The van der Waals surface area contributed by atoms with Crippen LogP contribution in [-0.4, -0.2) is 5.24 Å². The van der Waals surface area contributed by atoms with Crippen LogP contribution in [0.3, 0.4) is 0 Å². The maximum absolute atomic E-state index is 10.7. The molecular formula is C20H15ClO. The van der Waals surface area contributed by atoms with Gasteiger partial charge < -0.3 is 0 Å². The normalized spacial score (nSPS) is 15.2. The van der Waals surface area contributed by atoms with Crippen molar-refractivity contribution >= 4 is 40.6 Å². The molecule has 2 aromatic carbocycles. The first-order chi connectivity index (χ1) is 10.6. The maximum atomic E-state index is 10.7. The lowest BCUT2D eigenvalue weighted by Gasteiger charge is -2.04. The third-order valence-corrected chi connectivity index (χ3v) is 3.83. The summed E-state index contributed by atoms with van der Waals surface area (Å²) in [4.78, 5) is 10.7. The van der Waals surface area contributed by atoms with E-state index >= 15 is 0 Å². The predicted octanol–water partition coefficient (Wildman–Crippen LogP) is 5.42. The van der Waals surface area contributed by atoms with E-state index in [9.17, 15) is 4.79 Å². The summed E-state index contributed by atoms with van der Waals surface area (Å²) in [5, 5.41) is -0.463. The number of fused-ring (bicyclic) bond motifs is 1. The number of halogens is 1. The van der Waals surface area contributed by atoms with Crippen LogP contribution in [0.15, 0.2) is 60.2 Å². The lowest BCUT2D eigenvalue weighted by Crippen LogP contribution is -1.83. The van der Waals surface area contributed by atoms with Crippen molar-refractivity contribution in [3.8, 4) is 0 Å². The van der Waals surface area contributed by atoms with Crippen molar-refractivity contribution in [1.82, 2.24) is 0 Å².